The molecule has 0 aliphatic carbocycles. The van der Waals surface area contributed by atoms with E-state index in [0.29, 0.717) is 11.4 Å². The van der Waals surface area contributed by atoms with Gasteiger partial charge in [-0.3, -0.25) is 15.0 Å². The molecule has 11 heteroatoms. The standard InChI is InChI=1S/C22H21FN8O2/c1-25-31-20(30-24)16-6-2-14(3-7-16)11-26-21(32)18-10-19(29-13-28-18)22(33)27-12-15-4-8-17(23)9-5-15/h2-10,13H,1,11-12,24H2,(H,26,32)(H,27,33)(H,30,31). The van der Waals surface area contributed by atoms with E-state index in [0.717, 1.165) is 17.5 Å². The van der Waals surface area contributed by atoms with Crippen molar-refractivity contribution < 1.29 is 14.0 Å². The van der Waals surface area contributed by atoms with Crippen molar-refractivity contribution in [3.63, 3.8) is 0 Å². The van der Waals surface area contributed by atoms with E-state index < -0.39 is 11.8 Å². The minimum absolute atomic E-state index is 0.0403. The number of hydrogen-bond acceptors (Lipinski definition) is 7. The summed E-state index contributed by atoms with van der Waals surface area (Å²) in [6.07, 6.45) is 1.14. The van der Waals surface area contributed by atoms with Crippen LogP contribution in [0.2, 0.25) is 0 Å². The first-order valence-electron chi connectivity index (χ1n) is 9.72. The Labute approximate surface area is 188 Å². The molecule has 0 saturated heterocycles. The van der Waals surface area contributed by atoms with E-state index in [4.69, 9.17) is 5.84 Å². The highest BCUT2D eigenvalue weighted by molar-refractivity contribution is 5.98. The van der Waals surface area contributed by atoms with Crippen LogP contribution in [0.15, 0.2) is 71.1 Å². The van der Waals surface area contributed by atoms with Crippen molar-refractivity contribution >= 4 is 24.4 Å². The third kappa shape index (κ3) is 6.40. The minimum atomic E-state index is -0.480. The van der Waals surface area contributed by atoms with Crippen LogP contribution in [0.3, 0.4) is 0 Å². The third-order valence-corrected chi connectivity index (χ3v) is 4.49. The number of carbonyl (C=O) groups excluding carboxylic acids is 2. The van der Waals surface area contributed by atoms with Gasteiger partial charge in [-0.05, 0) is 23.3 Å². The van der Waals surface area contributed by atoms with E-state index in [2.05, 4.69) is 42.9 Å². The highest BCUT2D eigenvalue weighted by Crippen LogP contribution is 2.07. The van der Waals surface area contributed by atoms with Crippen LogP contribution in [-0.2, 0) is 13.1 Å². The number of hydrogen-bond donors (Lipinski definition) is 4. The summed E-state index contributed by atoms with van der Waals surface area (Å²) in [5, 5.41) is 12.5. The average molecular weight is 448 g/mol. The van der Waals surface area contributed by atoms with Gasteiger partial charge in [0.15, 0.2) is 5.84 Å². The van der Waals surface area contributed by atoms with Gasteiger partial charge in [-0.15, -0.1) is 0 Å². The number of hydrazone groups is 2. The quantitative estimate of drug-likeness (QED) is 0.177. The van der Waals surface area contributed by atoms with E-state index >= 15 is 0 Å². The summed E-state index contributed by atoms with van der Waals surface area (Å²) in [6, 6.07) is 14.2. The van der Waals surface area contributed by atoms with E-state index in [-0.39, 0.29) is 30.3 Å². The van der Waals surface area contributed by atoms with Gasteiger partial charge in [0.25, 0.3) is 11.8 Å². The number of carbonyl (C=O) groups is 2. The van der Waals surface area contributed by atoms with Crippen molar-refractivity contribution in [2.75, 3.05) is 0 Å². The topological polar surface area (TPSA) is 147 Å². The molecule has 0 aliphatic rings. The maximum absolute atomic E-state index is 13.0. The zero-order valence-corrected chi connectivity index (χ0v) is 17.5. The van der Waals surface area contributed by atoms with Crippen LogP contribution in [0.1, 0.15) is 37.7 Å². The molecular weight excluding hydrogens is 427 g/mol. The molecule has 0 saturated carbocycles. The molecule has 0 aliphatic heterocycles. The van der Waals surface area contributed by atoms with Gasteiger partial charge in [-0.2, -0.15) is 10.2 Å². The van der Waals surface area contributed by atoms with Crippen LogP contribution >= 0.6 is 0 Å². The maximum Gasteiger partial charge on any atom is 0.270 e. The van der Waals surface area contributed by atoms with Gasteiger partial charge in [0.1, 0.15) is 23.5 Å². The van der Waals surface area contributed by atoms with Gasteiger partial charge in [0.2, 0.25) is 0 Å². The normalized spacial score (nSPS) is 10.9. The first kappa shape index (κ1) is 23.0. The molecule has 0 bridgehead atoms. The zero-order valence-electron chi connectivity index (χ0n) is 17.5. The summed E-state index contributed by atoms with van der Waals surface area (Å²) in [6.45, 7) is 3.74. The summed E-state index contributed by atoms with van der Waals surface area (Å²) in [5.41, 5.74) is 4.92. The summed E-state index contributed by atoms with van der Waals surface area (Å²) >= 11 is 0. The lowest BCUT2D eigenvalue weighted by Gasteiger charge is -2.08. The molecule has 10 nitrogen and oxygen atoms in total. The molecule has 2 amide bonds. The predicted octanol–water partition coefficient (Wildman–Crippen LogP) is 1.30. The number of rotatable bonds is 8. The van der Waals surface area contributed by atoms with Gasteiger partial charge in [0, 0.05) is 31.4 Å². The molecule has 1 aromatic heterocycles. The largest absolute Gasteiger partial charge is 0.347 e. The fourth-order valence-corrected chi connectivity index (χ4v) is 2.78. The molecule has 33 heavy (non-hydrogen) atoms. The second-order valence-electron chi connectivity index (χ2n) is 6.72. The zero-order chi connectivity index (χ0) is 23.6. The summed E-state index contributed by atoms with van der Waals surface area (Å²) < 4.78 is 13.0. The van der Waals surface area contributed by atoms with Gasteiger partial charge in [0.05, 0.1) is 0 Å². The maximum atomic E-state index is 13.0. The second-order valence-corrected chi connectivity index (χ2v) is 6.72. The molecule has 0 fully saturated rings. The first-order valence-corrected chi connectivity index (χ1v) is 9.72. The van der Waals surface area contributed by atoms with Crippen LogP contribution in [0.5, 0.6) is 0 Å². The first-order chi connectivity index (χ1) is 16.0. The average Bonchev–Trinajstić information content (AvgIpc) is 2.85. The lowest BCUT2D eigenvalue weighted by molar-refractivity contribution is 0.0944. The number of nitrogens with zero attached hydrogens (tertiary/aromatic N) is 4. The molecule has 3 aromatic rings. The van der Waals surface area contributed by atoms with Crippen LogP contribution in [0, 0.1) is 5.82 Å². The number of nitrogens with two attached hydrogens (primary N) is 1. The molecule has 0 spiro atoms. The van der Waals surface area contributed by atoms with Crippen molar-refractivity contribution in [1.29, 1.82) is 0 Å². The van der Waals surface area contributed by atoms with Crippen LogP contribution in [-0.4, -0.2) is 34.3 Å². The van der Waals surface area contributed by atoms with Gasteiger partial charge >= 0.3 is 0 Å². The Balaban J connectivity index is 1.57. The Morgan fingerprint density at radius 2 is 1.42 bits per heavy atom. The molecular formula is C22H21FN8O2. The molecule has 1 heterocycles. The van der Waals surface area contributed by atoms with Crippen molar-refractivity contribution in [3.8, 4) is 0 Å². The van der Waals surface area contributed by atoms with Crippen molar-refractivity contribution in [1.82, 2.24) is 26.0 Å². The fourth-order valence-electron chi connectivity index (χ4n) is 2.78. The second kappa shape index (κ2) is 11.1. The predicted molar refractivity (Wildman–Crippen MR) is 121 cm³/mol. The minimum Gasteiger partial charge on any atom is -0.347 e. The van der Waals surface area contributed by atoms with Crippen LogP contribution in [0.4, 0.5) is 4.39 Å². The number of amides is 2. The molecule has 168 valence electrons. The van der Waals surface area contributed by atoms with Crippen molar-refractivity contribution in [2.45, 2.75) is 13.1 Å². The number of halogens is 1. The molecule has 5 N–H and O–H groups in total. The molecule has 0 atom stereocenters. The summed E-state index contributed by atoms with van der Waals surface area (Å²) in [7, 11) is 0. The van der Waals surface area contributed by atoms with Crippen molar-refractivity contribution in [2.24, 2.45) is 16.0 Å². The van der Waals surface area contributed by atoms with Crippen molar-refractivity contribution in [3.05, 3.63) is 94.8 Å². The van der Waals surface area contributed by atoms with E-state index in [1.165, 1.54) is 18.2 Å². The number of benzene rings is 2. The number of aromatic nitrogens is 2. The Morgan fingerprint density at radius 1 is 0.909 bits per heavy atom. The summed E-state index contributed by atoms with van der Waals surface area (Å²) in [4.78, 5) is 32.7. The number of nitrogens with one attached hydrogen (secondary N) is 3. The van der Waals surface area contributed by atoms with Crippen LogP contribution < -0.4 is 21.9 Å². The molecule has 0 radical (unpaired) electrons. The Bertz CT molecular complexity index is 1160. The van der Waals surface area contributed by atoms with E-state index in [1.807, 2.05) is 0 Å². The van der Waals surface area contributed by atoms with Gasteiger partial charge < -0.3 is 16.5 Å². The third-order valence-electron chi connectivity index (χ3n) is 4.49. The lowest BCUT2D eigenvalue weighted by atomic mass is 10.1. The SMILES string of the molecule is C=NNC(=NN)c1ccc(CNC(=O)c2cc(C(=O)NCc3ccc(F)cc3)ncn2)cc1. The Hall–Kier alpha value is -4.67. The Morgan fingerprint density at radius 3 is 1.91 bits per heavy atom. The number of amidine groups is 1. The summed E-state index contributed by atoms with van der Waals surface area (Å²) in [5.74, 6) is 4.36. The van der Waals surface area contributed by atoms with E-state index in [9.17, 15) is 14.0 Å². The Kier molecular flexibility index (Phi) is 7.73. The van der Waals surface area contributed by atoms with Crippen LogP contribution in [0.25, 0.3) is 0 Å². The highest BCUT2D eigenvalue weighted by atomic mass is 19.1. The smallest absolute Gasteiger partial charge is 0.270 e. The van der Waals surface area contributed by atoms with E-state index in [1.54, 1.807) is 36.4 Å². The lowest BCUT2D eigenvalue weighted by Crippen LogP contribution is -2.27. The monoisotopic (exact) mass is 448 g/mol. The molecule has 0 unspecified atom stereocenters. The van der Waals surface area contributed by atoms with Gasteiger partial charge in [-0.25, -0.2) is 14.4 Å². The molecule has 3 rings (SSSR count). The molecule has 2 aromatic carbocycles. The van der Waals surface area contributed by atoms with Gasteiger partial charge in [-0.1, -0.05) is 36.4 Å². The highest BCUT2D eigenvalue weighted by Gasteiger charge is 2.13. The fraction of sp³-hybridized carbons (Fsp3) is 0.0909.